The highest BCUT2D eigenvalue weighted by Crippen LogP contribution is 2.29. The van der Waals surface area contributed by atoms with Crippen LogP contribution in [0, 0.1) is 0 Å². The number of para-hydroxylation sites is 2. The first kappa shape index (κ1) is 21.2. The van der Waals surface area contributed by atoms with E-state index in [1.807, 2.05) is 83.4 Å². The summed E-state index contributed by atoms with van der Waals surface area (Å²) in [6.45, 7) is 2.07. The molecule has 4 rings (SSSR count). The molecule has 7 heteroatoms. The number of anilines is 1. The van der Waals surface area contributed by atoms with Gasteiger partial charge < -0.3 is 5.32 Å². The maximum atomic E-state index is 12.6. The number of amides is 1. The van der Waals surface area contributed by atoms with Gasteiger partial charge in [-0.25, -0.2) is 0 Å². The van der Waals surface area contributed by atoms with Gasteiger partial charge in [0.2, 0.25) is 5.91 Å². The number of carbonyl (C=O) groups excluding carboxylic acids is 1. The van der Waals surface area contributed by atoms with E-state index in [0.717, 1.165) is 28.9 Å². The summed E-state index contributed by atoms with van der Waals surface area (Å²) in [5.74, 6) is 0.809. The number of halogens is 1. The van der Waals surface area contributed by atoms with Gasteiger partial charge in [0, 0.05) is 22.0 Å². The van der Waals surface area contributed by atoms with Gasteiger partial charge in [-0.05, 0) is 42.3 Å². The Bertz CT molecular complexity index is 1190. The van der Waals surface area contributed by atoms with Crippen LogP contribution in [0.4, 0.5) is 5.69 Å². The maximum absolute atomic E-state index is 12.6. The minimum atomic E-state index is -0.0854. The Hall–Kier alpha value is -3.09. The van der Waals surface area contributed by atoms with Crippen molar-refractivity contribution in [3.8, 4) is 17.1 Å². The number of hydrogen-bond acceptors (Lipinski definition) is 4. The van der Waals surface area contributed by atoms with E-state index >= 15 is 0 Å². The molecule has 0 radical (unpaired) electrons. The average Bonchev–Trinajstić information content (AvgIpc) is 3.23. The summed E-state index contributed by atoms with van der Waals surface area (Å²) < 4.78 is 1.95. The van der Waals surface area contributed by atoms with E-state index in [4.69, 9.17) is 11.6 Å². The highest BCUT2D eigenvalue weighted by atomic mass is 35.5. The molecular formula is C24H21ClN4OS. The van der Waals surface area contributed by atoms with Crippen molar-refractivity contribution >= 4 is 35.0 Å². The molecule has 0 atom stereocenters. The lowest BCUT2D eigenvalue weighted by Gasteiger charge is -2.11. The third kappa shape index (κ3) is 4.98. The number of nitrogens with zero attached hydrogens (tertiary/aromatic N) is 3. The van der Waals surface area contributed by atoms with Gasteiger partial charge in [-0.3, -0.25) is 9.36 Å². The first-order valence-corrected chi connectivity index (χ1v) is 11.3. The summed E-state index contributed by atoms with van der Waals surface area (Å²) in [4.78, 5) is 12.6. The molecule has 0 aliphatic rings. The van der Waals surface area contributed by atoms with Gasteiger partial charge in [-0.15, -0.1) is 10.2 Å². The zero-order valence-corrected chi connectivity index (χ0v) is 18.5. The molecule has 0 saturated carbocycles. The fourth-order valence-electron chi connectivity index (χ4n) is 3.25. The normalized spacial score (nSPS) is 10.8. The Morgan fingerprint density at radius 2 is 1.77 bits per heavy atom. The molecule has 0 fully saturated rings. The van der Waals surface area contributed by atoms with Crippen molar-refractivity contribution in [1.82, 2.24) is 14.8 Å². The molecule has 4 aromatic rings. The van der Waals surface area contributed by atoms with Crippen molar-refractivity contribution in [2.45, 2.75) is 18.5 Å². The number of rotatable bonds is 7. The molecule has 1 heterocycles. The molecule has 0 aliphatic heterocycles. The van der Waals surface area contributed by atoms with E-state index in [0.29, 0.717) is 16.0 Å². The predicted molar refractivity (Wildman–Crippen MR) is 127 cm³/mol. The largest absolute Gasteiger partial charge is 0.325 e. The number of hydrogen-bond donors (Lipinski definition) is 1. The van der Waals surface area contributed by atoms with E-state index < -0.39 is 0 Å². The van der Waals surface area contributed by atoms with E-state index in [1.165, 1.54) is 11.8 Å². The molecule has 0 bridgehead atoms. The number of nitrogens with one attached hydrogen (secondary N) is 1. The third-order valence-electron chi connectivity index (χ3n) is 4.74. The fraction of sp³-hybridized carbons (Fsp3) is 0.125. The van der Waals surface area contributed by atoms with E-state index in [-0.39, 0.29) is 11.7 Å². The van der Waals surface area contributed by atoms with E-state index in [9.17, 15) is 4.79 Å². The summed E-state index contributed by atoms with van der Waals surface area (Å²) in [7, 11) is 0. The number of thioether (sulfide) groups is 1. The molecule has 0 unspecified atom stereocenters. The number of aromatic nitrogens is 3. The van der Waals surface area contributed by atoms with Gasteiger partial charge in [0.25, 0.3) is 0 Å². The van der Waals surface area contributed by atoms with Crippen LogP contribution in [-0.2, 0) is 11.2 Å². The molecule has 0 aliphatic carbocycles. The van der Waals surface area contributed by atoms with Crippen LogP contribution in [0.1, 0.15) is 12.5 Å². The Morgan fingerprint density at radius 1 is 1.00 bits per heavy atom. The van der Waals surface area contributed by atoms with Crippen molar-refractivity contribution in [2.24, 2.45) is 0 Å². The first-order chi connectivity index (χ1) is 15.2. The van der Waals surface area contributed by atoms with Gasteiger partial charge in [-0.2, -0.15) is 0 Å². The quantitative estimate of drug-likeness (QED) is 0.358. The molecule has 0 spiro atoms. The predicted octanol–water partition coefficient (Wildman–Crippen LogP) is 5.88. The Kier molecular flexibility index (Phi) is 6.70. The van der Waals surface area contributed by atoms with Crippen molar-refractivity contribution in [2.75, 3.05) is 11.1 Å². The summed E-state index contributed by atoms with van der Waals surface area (Å²) >= 11 is 7.54. The van der Waals surface area contributed by atoms with Crippen molar-refractivity contribution in [1.29, 1.82) is 0 Å². The molecule has 0 saturated heterocycles. The third-order valence-corrected chi connectivity index (χ3v) is 5.90. The van der Waals surface area contributed by atoms with Crippen molar-refractivity contribution < 1.29 is 4.79 Å². The second-order valence-electron chi connectivity index (χ2n) is 6.84. The zero-order chi connectivity index (χ0) is 21.6. The number of benzene rings is 3. The molecule has 1 aromatic heterocycles. The van der Waals surface area contributed by atoms with Crippen LogP contribution in [0.2, 0.25) is 5.02 Å². The van der Waals surface area contributed by atoms with Gasteiger partial charge in [0.05, 0.1) is 5.75 Å². The minimum Gasteiger partial charge on any atom is -0.325 e. The molecule has 1 N–H and O–H groups in total. The SMILES string of the molecule is CCc1ccccc1NC(=O)CSc1nnc(-c2cccc(Cl)c2)n1-c1ccccc1. The van der Waals surface area contributed by atoms with Crippen molar-refractivity contribution in [3.63, 3.8) is 0 Å². The van der Waals surface area contributed by atoms with Crippen LogP contribution in [0.5, 0.6) is 0 Å². The molecular weight excluding hydrogens is 428 g/mol. The monoisotopic (exact) mass is 448 g/mol. The lowest BCUT2D eigenvalue weighted by Crippen LogP contribution is -2.15. The van der Waals surface area contributed by atoms with Crippen LogP contribution in [-0.4, -0.2) is 26.4 Å². The summed E-state index contributed by atoms with van der Waals surface area (Å²) in [5.41, 5.74) is 3.73. The lowest BCUT2D eigenvalue weighted by atomic mass is 10.1. The second kappa shape index (κ2) is 9.81. The summed E-state index contributed by atoms with van der Waals surface area (Å²) in [6.07, 6.45) is 0.856. The molecule has 156 valence electrons. The Balaban J connectivity index is 1.59. The molecule has 31 heavy (non-hydrogen) atoms. The number of carbonyl (C=O) groups is 1. The van der Waals surface area contributed by atoms with Gasteiger partial charge in [0.15, 0.2) is 11.0 Å². The first-order valence-electron chi connectivity index (χ1n) is 9.93. The Labute approximate surface area is 190 Å². The maximum Gasteiger partial charge on any atom is 0.234 e. The van der Waals surface area contributed by atoms with E-state index in [1.54, 1.807) is 0 Å². The van der Waals surface area contributed by atoms with Crippen molar-refractivity contribution in [3.05, 3.63) is 89.4 Å². The van der Waals surface area contributed by atoms with Crippen LogP contribution in [0.25, 0.3) is 17.1 Å². The summed E-state index contributed by atoms with van der Waals surface area (Å²) in [6, 6.07) is 25.2. The second-order valence-corrected chi connectivity index (χ2v) is 8.21. The minimum absolute atomic E-state index is 0.0854. The lowest BCUT2D eigenvalue weighted by molar-refractivity contribution is -0.113. The standard InChI is InChI=1S/C24H21ClN4OS/c1-2-17-9-6-7-14-21(17)26-22(30)16-31-24-28-27-23(18-10-8-11-19(25)15-18)29(24)20-12-4-3-5-13-20/h3-15H,2,16H2,1H3,(H,26,30). The molecule has 5 nitrogen and oxygen atoms in total. The van der Waals surface area contributed by atoms with Crippen LogP contribution in [0.15, 0.2) is 84.0 Å². The van der Waals surface area contributed by atoms with Crippen LogP contribution in [0.3, 0.4) is 0 Å². The highest BCUT2D eigenvalue weighted by Gasteiger charge is 2.17. The fourth-order valence-corrected chi connectivity index (χ4v) is 4.20. The molecule has 1 amide bonds. The van der Waals surface area contributed by atoms with Crippen LogP contribution < -0.4 is 5.32 Å². The highest BCUT2D eigenvalue weighted by molar-refractivity contribution is 7.99. The zero-order valence-electron chi connectivity index (χ0n) is 17.0. The Morgan fingerprint density at radius 3 is 2.55 bits per heavy atom. The van der Waals surface area contributed by atoms with Crippen LogP contribution >= 0.6 is 23.4 Å². The van der Waals surface area contributed by atoms with E-state index in [2.05, 4.69) is 22.4 Å². The molecule has 3 aromatic carbocycles. The average molecular weight is 449 g/mol. The number of aryl methyl sites for hydroxylation is 1. The smallest absolute Gasteiger partial charge is 0.234 e. The summed E-state index contributed by atoms with van der Waals surface area (Å²) in [5, 5.41) is 13.0. The topological polar surface area (TPSA) is 59.8 Å². The van der Waals surface area contributed by atoms with Gasteiger partial charge >= 0.3 is 0 Å². The van der Waals surface area contributed by atoms with Gasteiger partial charge in [-0.1, -0.05) is 78.8 Å². The van der Waals surface area contributed by atoms with Gasteiger partial charge in [0.1, 0.15) is 0 Å².